The van der Waals surface area contributed by atoms with Crippen LogP contribution in [0.25, 0.3) is 11.5 Å². The van der Waals surface area contributed by atoms with Crippen molar-refractivity contribution in [2.24, 2.45) is 0 Å². The lowest BCUT2D eigenvalue weighted by Gasteiger charge is -2.04. The summed E-state index contributed by atoms with van der Waals surface area (Å²) in [6, 6.07) is 17.9. The quantitative estimate of drug-likeness (QED) is 0.589. The molecular formula is C14H12O2. The van der Waals surface area contributed by atoms with Crippen LogP contribution in [0, 0.1) is 0 Å². The molecule has 2 aromatic rings. The third-order valence-electron chi connectivity index (χ3n) is 2.32. The fourth-order valence-electron chi connectivity index (χ4n) is 1.47. The maximum atomic E-state index is 9.87. The highest BCUT2D eigenvalue weighted by Crippen LogP contribution is 2.21. The summed E-state index contributed by atoms with van der Waals surface area (Å²) in [5.74, 6) is -0.210. The topological polar surface area (TPSA) is 40.5 Å². The van der Waals surface area contributed by atoms with E-state index in [4.69, 9.17) is 0 Å². The fraction of sp³-hybridized carbons (Fsp3) is 0. The van der Waals surface area contributed by atoms with Crippen molar-refractivity contribution in [1.82, 2.24) is 0 Å². The smallest absolute Gasteiger partial charge is 0.165 e. The van der Waals surface area contributed by atoms with Crippen LogP contribution in [0.15, 0.2) is 60.7 Å². The van der Waals surface area contributed by atoms with E-state index in [2.05, 4.69) is 0 Å². The van der Waals surface area contributed by atoms with Crippen LogP contribution < -0.4 is 0 Å². The van der Waals surface area contributed by atoms with E-state index in [9.17, 15) is 10.2 Å². The fourth-order valence-corrected chi connectivity index (χ4v) is 1.47. The molecule has 80 valence electrons. The molecule has 2 rings (SSSR count). The standard InChI is InChI=1S/C14H12O2/c15-13(11-7-3-1-4-8-11)14(16)12-9-5-2-6-10-12/h1-10,15-16H/b14-13-. The van der Waals surface area contributed by atoms with E-state index in [0.29, 0.717) is 11.1 Å². The zero-order chi connectivity index (χ0) is 11.4. The van der Waals surface area contributed by atoms with Gasteiger partial charge in [-0.25, -0.2) is 0 Å². The first-order valence-corrected chi connectivity index (χ1v) is 5.02. The molecule has 0 aromatic heterocycles. The predicted octanol–water partition coefficient (Wildman–Crippen LogP) is 3.63. The second-order valence-corrected chi connectivity index (χ2v) is 3.43. The molecule has 0 amide bonds. The molecule has 2 nitrogen and oxygen atoms in total. The highest BCUT2D eigenvalue weighted by Gasteiger charge is 2.07. The molecule has 0 aliphatic heterocycles. The Balaban J connectivity index is 2.43. The Morgan fingerprint density at radius 1 is 0.562 bits per heavy atom. The summed E-state index contributed by atoms with van der Waals surface area (Å²) in [5.41, 5.74) is 1.20. The molecule has 0 aliphatic carbocycles. The van der Waals surface area contributed by atoms with Gasteiger partial charge in [-0.05, 0) is 0 Å². The average molecular weight is 212 g/mol. The van der Waals surface area contributed by atoms with Gasteiger partial charge in [0.25, 0.3) is 0 Å². The summed E-state index contributed by atoms with van der Waals surface area (Å²) < 4.78 is 0. The number of benzene rings is 2. The van der Waals surface area contributed by atoms with Crippen LogP contribution in [0.2, 0.25) is 0 Å². The minimum atomic E-state index is -0.105. The largest absolute Gasteiger partial charge is 0.504 e. The second kappa shape index (κ2) is 4.53. The van der Waals surface area contributed by atoms with E-state index in [1.165, 1.54) is 0 Å². The molecule has 0 atom stereocenters. The lowest BCUT2D eigenvalue weighted by atomic mass is 10.1. The number of aliphatic hydroxyl groups is 2. The summed E-state index contributed by atoms with van der Waals surface area (Å²) in [4.78, 5) is 0. The minimum absolute atomic E-state index is 0.105. The van der Waals surface area contributed by atoms with E-state index in [-0.39, 0.29) is 11.5 Å². The van der Waals surface area contributed by atoms with Crippen molar-refractivity contribution in [1.29, 1.82) is 0 Å². The molecule has 16 heavy (non-hydrogen) atoms. The summed E-state index contributed by atoms with van der Waals surface area (Å²) in [7, 11) is 0. The predicted molar refractivity (Wildman–Crippen MR) is 65.0 cm³/mol. The normalized spacial score (nSPS) is 12.0. The first-order chi connectivity index (χ1) is 7.79. The van der Waals surface area contributed by atoms with Crippen LogP contribution in [0.5, 0.6) is 0 Å². The number of hydrogen-bond acceptors (Lipinski definition) is 2. The van der Waals surface area contributed by atoms with Crippen molar-refractivity contribution in [3.63, 3.8) is 0 Å². The number of hydrogen-bond donors (Lipinski definition) is 2. The Morgan fingerprint density at radius 3 is 1.19 bits per heavy atom. The van der Waals surface area contributed by atoms with Crippen molar-refractivity contribution >= 4 is 11.5 Å². The van der Waals surface area contributed by atoms with Gasteiger partial charge in [0.1, 0.15) is 0 Å². The van der Waals surface area contributed by atoms with Crippen molar-refractivity contribution in [3.8, 4) is 0 Å². The third kappa shape index (κ3) is 2.06. The van der Waals surface area contributed by atoms with Crippen molar-refractivity contribution in [2.45, 2.75) is 0 Å². The molecule has 0 aliphatic rings. The maximum absolute atomic E-state index is 9.87. The molecule has 2 aromatic carbocycles. The Morgan fingerprint density at radius 2 is 0.875 bits per heavy atom. The summed E-state index contributed by atoms with van der Waals surface area (Å²) >= 11 is 0. The van der Waals surface area contributed by atoms with Gasteiger partial charge in [0.15, 0.2) is 11.5 Å². The Hall–Kier alpha value is -2.22. The van der Waals surface area contributed by atoms with Gasteiger partial charge in [-0.15, -0.1) is 0 Å². The van der Waals surface area contributed by atoms with Crippen molar-refractivity contribution < 1.29 is 10.2 Å². The molecule has 0 spiro atoms. The van der Waals surface area contributed by atoms with Gasteiger partial charge in [-0.1, -0.05) is 60.7 Å². The van der Waals surface area contributed by atoms with Gasteiger partial charge in [0.2, 0.25) is 0 Å². The van der Waals surface area contributed by atoms with Gasteiger partial charge in [0.05, 0.1) is 0 Å². The monoisotopic (exact) mass is 212 g/mol. The van der Waals surface area contributed by atoms with Crippen LogP contribution in [0.3, 0.4) is 0 Å². The highest BCUT2D eigenvalue weighted by atomic mass is 16.3. The second-order valence-electron chi connectivity index (χ2n) is 3.43. The molecule has 0 fully saturated rings. The van der Waals surface area contributed by atoms with E-state index >= 15 is 0 Å². The summed E-state index contributed by atoms with van der Waals surface area (Å²) in [6.07, 6.45) is 0. The van der Waals surface area contributed by atoms with Crippen LogP contribution in [0.4, 0.5) is 0 Å². The summed E-state index contributed by atoms with van der Waals surface area (Å²) in [5, 5.41) is 19.7. The van der Waals surface area contributed by atoms with Gasteiger partial charge < -0.3 is 10.2 Å². The Bertz CT molecular complexity index is 439. The van der Waals surface area contributed by atoms with Crippen LogP contribution >= 0.6 is 0 Å². The zero-order valence-corrected chi connectivity index (χ0v) is 8.67. The maximum Gasteiger partial charge on any atom is 0.165 e. The van der Waals surface area contributed by atoms with Gasteiger partial charge in [0, 0.05) is 11.1 Å². The molecule has 2 N–H and O–H groups in total. The molecule has 0 unspecified atom stereocenters. The molecule has 0 radical (unpaired) electrons. The van der Waals surface area contributed by atoms with E-state index in [1.807, 2.05) is 36.4 Å². The Kier molecular flexibility index (Phi) is 2.92. The van der Waals surface area contributed by atoms with Gasteiger partial charge >= 0.3 is 0 Å². The average Bonchev–Trinajstić information content (AvgIpc) is 2.39. The number of aliphatic hydroxyl groups excluding tert-OH is 2. The molecule has 0 saturated heterocycles. The molecule has 2 heteroatoms. The first-order valence-electron chi connectivity index (χ1n) is 5.02. The van der Waals surface area contributed by atoms with E-state index in [0.717, 1.165) is 0 Å². The first kappa shape index (κ1) is 10.3. The third-order valence-corrected chi connectivity index (χ3v) is 2.32. The van der Waals surface area contributed by atoms with E-state index < -0.39 is 0 Å². The van der Waals surface area contributed by atoms with Crippen molar-refractivity contribution in [3.05, 3.63) is 71.8 Å². The van der Waals surface area contributed by atoms with Gasteiger partial charge in [-0.2, -0.15) is 0 Å². The Labute approximate surface area is 94.1 Å². The van der Waals surface area contributed by atoms with Crippen LogP contribution in [-0.4, -0.2) is 10.2 Å². The molecule has 0 saturated carbocycles. The van der Waals surface area contributed by atoms with Crippen molar-refractivity contribution in [2.75, 3.05) is 0 Å². The molecule has 0 heterocycles. The highest BCUT2D eigenvalue weighted by molar-refractivity contribution is 5.82. The number of rotatable bonds is 2. The van der Waals surface area contributed by atoms with Crippen LogP contribution in [-0.2, 0) is 0 Å². The molecule has 0 bridgehead atoms. The molecular weight excluding hydrogens is 200 g/mol. The zero-order valence-electron chi connectivity index (χ0n) is 8.67. The summed E-state index contributed by atoms with van der Waals surface area (Å²) in [6.45, 7) is 0. The lowest BCUT2D eigenvalue weighted by Crippen LogP contribution is -1.90. The van der Waals surface area contributed by atoms with Gasteiger partial charge in [-0.3, -0.25) is 0 Å². The SMILES string of the molecule is O/C(=C(\O)c1ccccc1)c1ccccc1. The lowest BCUT2D eigenvalue weighted by molar-refractivity contribution is 0.459. The van der Waals surface area contributed by atoms with Crippen LogP contribution in [0.1, 0.15) is 11.1 Å². The van der Waals surface area contributed by atoms with E-state index in [1.54, 1.807) is 24.3 Å². The minimum Gasteiger partial charge on any atom is -0.504 e.